The monoisotopic (exact) mass is 454 g/mol. The maximum Gasteiger partial charge on any atom is 0.327 e. The summed E-state index contributed by atoms with van der Waals surface area (Å²) < 4.78 is 0. The first kappa shape index (κ1) is 24.1. The molecule has 3 amide bonds. The predicted octanol–water partition coefficient (Wildman–Crippen LogP) is 2.95. The topological polar surface area (TPSA) is 99.3 Å². The van der Waals surface area contributed by atoms with E-state index in [1.54, 1.807) is 5.92 Å². The molecule has 0 saturated carbocycles. The van der Waals surface area contributed by atoms with Gasteiger partial charge in [0.15, 0.2) is 0 Å². The second-order valence-electron chi connectivity index (χ2n) is 7.53. The molecule has 0 saturated heterocycles. The minimum Gasteiger partial charge on any atom is -0.378 e. The third-order valence-corrected chi connectivity index (χ3v) is 5.32. The van der Waals surface area contributed by atoms with E-state index in [1.807, 2.05) is 66.3 Å². The van der Waals surface area contributed by atoms with Crippen molar-refractivity contribution in [2.75, 3.05) is 0 Å². The molecule has 1 atom stereocenters. The Bertz CT molecular complexity index is 1290. The van der Waals surface area contributed by atoms with Gasteiger partial charge in [0.05, 0.1) is 0 Å². The van der Waals surface area contributed by atoms with Crippen LogP contribution in [0.1, 0.15) is 36.6 Å². The van der Waals surface area contributed by atoms with Crippen LogP contribution in [0.4, 0.5) is 0 Å². The van der Waals surface area contributed by atoms with Crippen molar-refractivity contribution in [2.45, 2.75) is 26.4 Å². The number of carbonyl (C=O) groups excluding carboxylic acids is 3. The molecule has 0 spiro atoms. The van der Waals surface area contributed by atoms with Crippen LogP contribution in [0, 0.1) is 12.3 Å². The Morgan fingerprint density at radius 3 is 2.41 bits per heavy atom. The van der Waals surface area contributed by atoms with Crippen molar-refractivity contribution in [3.8, 4) is 12.3 Å². The Hall–Kier alpha value is -4.57. The van der Waals surface area contributed by atoms with Crippen LogP contribution in [-0.4, -0.2) is 17.7 Å². The highest BCUT2D eigenvalue weighted by molar-refractivity contribution is 6.35. The molecule has 7 heteroatoms. The molecule has 0 radical (unpaired) electrons. The summed E-state index contributed by atoms with van der Waals surface area (Å²) in [6, 6.07) is 22.1. The van der Waals surface area contributed by atoms with Crippen molar-refractivity contribution in [1.82, 2.24) is 21.5 Å². The van der Waals surface area contributed by atoms with Gasteiger partial charge in [0.2, 0.25) is 0 Å². The van der Waals surface area contributed by atoms with Crippen molar-refractivity contribution in [3.63, 3.8) is 0 Å². The van der Waals surface area contributed by atoms with E-state index in [9.17, 15) is 14.4 Å². The van der Waals surface area contributed by atoms with Crippen LogP contribution in [-0.2, 0) is 20.9 Å². The SMILES string of the molecule is C#CC(=O)NNC(=O)C(=O)NCc1ccccc1/C(=C\C)NC(C)c1cccc2ccccc12. The number of carbonyl (C=O) groups is 3. The standard InChI is InChI=1S/C27H26N4O3/c1-4-24(29-18(3)21-16-10-13-19-11-6-8-14-22(19)21)23-15-9-7-12-20(23)17-28-26(33)27(34)31-30-25(32)5-2/h2,4,6-16,18,29H,17H2,1,3H3,(H,28,33)(H,30,32)(H,31,34)/b24-4+. The smallest absolute Gasteiger partial charge is 0.327 e. The number of fused-ring (bicyclic) bond motifs is 1. The highest BCUT2D eigenvalue weighted by Crippen LogP contribution is 2.27. The molecule has 7 nitrogen and oxygen atoms in total. The Balaban J connectivity index is 1.73. The van der Waals surface area contributed by atoms with Gasteiger partial charge in [-0.3, -0.25) is 25.2 Å². The molecule has 0 heterocycles. The van der Waals surface area contributed by atoms with Gasteiger partial charge in [0, 0.05) is 23.8 Å². The van der Waals surface area contributed by atoms with Crippen LogP contribution in [0.5, 0.6) is 0 Å². The average molecular weight is 455 g/mol. The van der Waals surface area contributed by atoms with Gasteiger partial charge in [-0.15, -0.1) is 6.42 Å². The van der Waals surface area contributed by atoms with Crippen molar-refractivity contribution in [1.29, 1.82) is 0 Å². The first-order valence-corrected chi connectivity index (χ1v) is 10.8. The summed E-state index contributed by atoms with van der Waals surface area (Å²) in [5.74, 6) is -0.996. The minimum atomic E-state index is -1.02. The van der Waals surface area contributed by atoms with E-state index in [4.69, 9.17) is 6.42 Å². The number of hydrogen-bond donors (Lipinski definition) is 4. The fraction of sp³-hybridized carbons (Fsp3) is 0.148. The molecule has 34 heavy (non-hydrogen) atoms. The summed E-state index contributed by atoms with van der Waals surface area (Å²) in [5, 5.41) is 8.50. The number of amides is 3. The van der Waals surface area contributed by atoms with Crippen LogP contribution in [0.2, 0.25) is 0 Å². The van der Waals surface area contributed by atoms with Crippen LogP contribution in [0.25, 0.3) is 16.5 Å². The first-order valence-electron chi connectivity index (χ1n) is 10.8. The van der Waals surface area contributed by atoms with Gasteiger partial charge >= 0.3 is 17.7 Å². The maximum atomic E-state index is 12.1. The number of rotatable bonds is 6. The predicted molar refractivity (Wildman–Crippen MR) is 133 cm³/mol. The van der Waals surface area contributed by atoms with E-state index in [2.05, 4.69) is 41.8 Å². The maximum absolute atomic E-state index is 12.1. The van der Waals surface area contributed by atoms with E-state index in [0.717, 1.165) is 16.8 Å². The lowest BCUT2D eigenvalue weighted by atomic mass is 9.98. The van der Waals surface area contributed by atoms with E-state index < -0.39 is 17.7 Å². The van der Waals surface area contributed by atoms with Gasteiger partial charge in [-0.1, -0.05) is 72.8 Å². The summed E-state index contributed by atoms with van der Waals surface area (Å²) in [6.07, 6.45) is 6.88. The minimum absolute atomic E-state index is 0.0190. The molecule has 3 rings (SSSR count). The highest BCUT2D eigenvalue weighted by Gasteiger charge is 2.16. The second kappa shape index (κ2) is 11.3. The van der Waals surface area contributed by atoms with Crippen LogP contribution >= 0.6 is 0 Å². The van der Waals surface area contributed by atoms with Crippen molar-refractivity contribution < 1.29 is 14.4 Å². The van der Waals surface area contributed by atoms with Crippen LogP contribution in [0.15, 0.2) is 72.8 Å². The molecule has 3 aromatic rings. The molecule has 0 aromatic heterocycles. The number of nitrogens with one attached hydrogen (secondary N) is 4. The molecule has 3 aromatic carbocycles. The van der Waals surface area contributed by atoms with Crippen molar-refractivity contribution >= 4 is 34.2 Å². The zero-order valence-corrected chi connectivity index (χ0v) is 19.0. The molecule has 0 fully saturated rings. The van der Waals surface area contributed by atoms with Crippen molar-refractivity contribution in [2.24, 2.45) is 0 Å². The lowest BCUT2D eigenvalue weighted by Gasteiger charge is -2.22. The highest BCUT2D eigenvalue weighted by atomic mass is 16.2. The third-order valence-electron chi connectivity index (χ3n) is 5.32. The molecule has 1 unspecified atom stereocenters. The fourth-order valence-corrected chi connectivity index (χ4v) is 3.66. The third kappa shape index (κ3) is 5.81. The molecule has 0 aliphatic heterocycles. The second-order valence-corrected chi connectivity index (χ2v) is 7.53. The Morgan fingerprint density at radius 2 is 1.65 bits per heavy atom. The van der Waals surface area contributed by atoms with E-state index in [1.165, 1.54) is 16.3 Å². The average Bonchev–Trinajstić information content (AvgIpc) is 2.88. The quantitative estimate of drug-likeness (QED) is 0.261. The molecule has 0 aliphatic rings. The van der Waals surface area contributed by atoms with Crippen LogP contribution in [0.3, 0.4) is 0 Å². The lowest BCUT2D eigenvalue weighted by Crippen LogP contribution is -2.48. The fourth-order valence-electron chi connectivity index (χ4n) is 3.66. The Morgan fingerprint density at radius 1 is 0.941 bits per heavy atom. The number of terminal acetylenes is 1. The van der Waals surface area contributed by atoms with Gasteiger partial charge in [0.1, 0.15) is 0 Å². The first-order chi connectivity index (χ1) is 16.4. The largest absolute Gasteiger partial charge is 0.378 e. The summed E-state index contributed by atoms with van der Waals surface area (Å²) in [6.45, 7) is 4.16. The zero-order valence-electron chi connectivity index (χ0n) is 19.0. The molecule has 4 N–H and O–H groups in total. The van der Waals surface area contributed by atoms with Gasteiger partial charge < -0.3 is 10.6 Å². The van der Waals surface area contributed by atoms with Crippen molar-refractivity contribution in [3.05, 3.63) is 89.5 Å². The van der Waals surface area contributed by atoms with E-state index in [0.29, 0.717) is 0 Å². The van der Waals surface area contributed by atoms with Gasteiger partial charge in [-0.2, -0.15) is 0 Å². The normalized spacial score (nSPS) is 11.7. The van der Waals surface area contributed by atoms with E-state index >= 15 is 0 Å². The zero-order chi connectivity index (χ0) is 24.5. The summed E-state index contributed by atoms with van der Waals surface area (Å²) in [4.78, 5) is 35.0. The summed E-state index contributed by atoms with van der Waals surface area (Å²) in [7, 11) is 0. The molecular weight excluding hydrogens is 428 g/mol. The molecule has 172 valence electrons. The number of allylic oxidation sites excluding steroid dienone is 1. The number of hydrogen-bond acceptors (Lipinski definition) is 4. The lowest BCUT2D eigenvalue weighted by molar-refractivity contribution is -0.140. The molecule has 0 aliphatic carbocycles. The van der Waals surface area contributed by atoms with Gasteiger partial charge in [-0.25, -0.2) is 0 Å². The molecule has 0 bridgehead atoms. The number of benzene rings is 3. The van der Waals surface area contributed by atoms with Crippen LogP contribution < -0.4 is 21.5 Å². The summed E-state index contributed by atoms with van der Waals surface area (Å²) in [5.41, 5.74) is 7.70. The molecular formula is C27H26N4O3. The van der Waals surface area contributed by atoms with Gasteiger partial charge in [-0.05, 0) is 41.7 Å². The summed E-state index contributed by atoms with van der Waals surface area (Å²) >= 11 is 0. The Kier molecular flexibility index (Phi) is 8.03. The number of hydrazine groups is 1. The van der Waals surface area contributed by atoms with E-state index in [-0.39, 0.29) is 12.6 Å². The van der Waals surface area contributed by atoms with Gasteiger partial charge in [0.25, 0.3) is 0 Å². The Labute approximate surface area is 198 Å².